The van der Waals surface area contributed by atoms with Gasteiger partial charge in [0.2, 0.25) is 6.04 Å². The van der Waals surface area contributed by atoms with Crippen LogP contribution in [0.3, 0.4) is 0 Å². The summed E-state index contributed by atoms with van der Waals surface area (Å²) in [5, 5.41) is 28.1. The lowest BCUT2D eigenvalue weighted by molar-refractivity contribution is -0.532. The van der Waals surface area contributed by atoms with Crippen LogP contribution in [0.4, 0.5) is 0 Å². The molecule has 0 amide bonds. The monoisotopic (exact) mass is 204 g/mol. The first kappa shape index (κ1) is 9.85. The van der Waals surface area contributed by atoms with Crippen molar-refractivity contribution < 1.29 is 29.8 Å². The third-order valence-corrected chi connectivity index (χ3v) is 2.54. The van der Waals surface area contributed by atoms with Gasteiger partial charge in [-0.1, -0.05) is 0 Å². The molecule has 1 saturated heterocycles. The van der Waals surface area contributed by atoms with E-state index in [1.165, 1.54) is 0 Å². The maximum absolute atomic E-state index is 9.67. The summed E-state index contributed by atoms with van der Waals surface area (Å²) in [6.45, 7) is 1.36. The van der Waals surface area contributed by atoms with Gasteiger partial charge < -0.3 is 24.8 Å². The number of aliphatic hydroxyl groups is 3. The minimum atomic E-state index is -1.09. The first-order chi connectivity index (χ1) is 6.63. The maximum Gasteiger partial charge on any atom is 0.334 e. The average molecular weight is 204 g/mol. The molecule has 0 aliphatic carbocycles. The molecule has 0 saturated carbocycles. The first-order valence-corrected chi connectivity index (χ1v) is 4.52. The second kappa shape index (κ2) is 3.47. The van der Waals surface area contributed by atoms with E-state index in [0.717, 1.165) is 0 Å². The van der Waals surface area contributed by atoms with Gasteiger partial charge in [0.05, 0.1) is 13.5 Å². The fraction of sp³-hybridized carbons (Fsp3) is 0.875. The van der Waals surface area contributed by atoms with E-state index < -0.39 is 30.6 Å². The molecule has 2 heterocycles. The Morgan fingerprint density at radius 1 is 1.36 bits per heavy atom. The number of hydrogen-bond acceptors (Lipinski definition) is 5. The van der Waals surface area contributed by atoms with E-state index in [-0.39, 0.29) is 6.61 Å². The summed E-state index contributed by atoms with van der Waals surface area (Å²) < 4.78 is 10.5. The fourth-order valence-corrected chi connectivity index (χ4v) is 1.78. The summed E-state index contributed by atoms with van der Waals surface area (Å²) in [6.07, 6.45) is -3.52. The summed E-state index contributed by atoms with van der Waals surface area (Å²) in [5.74, 6) is 0.546. The second-order valence-corrected chi connectivity index (χ2v) is 3.55. The van der Waals surface area contributed by atoms with E-state index in [0.29, 0.717) is 5.90 Å². The minimum absolute atomic E-state index is 0.343. The fourth-order valence-electron chi connectivity index (χ4n) is 1.78. The molecule has 6 nitrogen and oxygen atoms in total. The molecule has 0 spiro atoms. The molecule has 6 heteroatoms. The Morgan fingerprint density at radius 2 is 2.07 bits per heavy atom. The van der Waals surface area contributed by atoms with Crippen molar-refractivity contribution in [2.45, 2.75) is 37.6 Å². The number of nitrogens with one attached hydrogen (secondary N) is 1. The Morgan fingerprint density at radius 3 is 2.71 bits per heavy atom. The van der Waals surface area contributed by atoms with Gasteiger partial charge in [-0.25, -0.2) is 4.99 Å². The molecule has 14 heavy (non-hydrogen) atoms. The van der Waals surface area contributed by atoms with E-state index in [1.54, 1.807) is 6.92 Å². The summed E-state index contributed by atoms with van der Waals surface area (Å²) in [5.41, 5.74) is 0. The van der Waals surface area contributed by atoms with E-state index in [9.17, 15) is 10.2 Å². The number of rotatable bonds is 1. The molecule has 5 atom stereocenters. The molecule has 4 N–H and O–H groups in total. The van der Waals surface area contributed by atoms with Crippen LogP contribution in [0.1, 0.15) is 6.92 Å². The summed E-state index contributed by atoms with van der Waals surface area (Å²) in [7, 11) is 0. The molecule has 0 bridgehead atoms. The smallest absolute Gasteiger partial charge is 0.334 e. The number of hydrogen-bond donors (Lipinski definition) is 4. The molecule has 0 aromatic heterocycles. The highest BCUT2D eigenvalue weighted by Gasteiger charge is 2.52. The predicted octanol–water partition coefficient (Wildman–Crippen LogP) is -3.68. The average Bonchev–Trinajstić information content (AvgIpc) is 2.52. The molecule has 80 valence electrons. The maximum atomic E-state index is 9.67. The van der Waals surface area contributed by atoms with Crippen molar-refractivity contribution >= 4 is 5.90 Å². The Hall–Kier alpha value is -0.690. The molecule has 0 radical (unpaired) electrons. The van der Waals surface area contributed by atoms with Gasteiger partial charge in [-0.05, 0) is 0 Å². The molecular formula is C8H14NO5+. The molecular weight excluding hydrogens is 190 g/mol. The van der Waals surface area contributed by atoms with Crippen LogP contribution in [0.25, 0.3) is 0 Å². The van der Waals surface area contributed by atoms with Gasteiger partial charge in [0.15, 0.2) is 6.10 Å². The van der Waals surface area contributed by atoms with Crippen molar-refractivity contribution in [3.63, 3.8) is 0 Å². The number of aliphatic hydroxyl groups excluding tert-OH is 3. The molecule has 1 fully saturated rings. The van der Waals surface area contributed by atoms with Gasteiger partial charge in [0, 0.05) is 0 Å². The van der Waals surface area contributed by atoms with Gasteiger partial charge in [0.25, 0.3) is 6.29 Å². The van der Waals surface area contributed by atoms with Gasteiger partial charge in [-0.2, -0.15) is 0 Å². The number of fused-ring (bicyclic) bond motifs is 1. The normalized spacial score (nSPS) is 46.9. The minimum Gasteiger partial charge on any atom is -0.411 e. The van der Waals surface area contributed by atoms with Gasteiger partial charge in [-0.15, -0.1) is 0 Å². The van der Waals surface area contributed by atoms with Crippen molar-refractivity contribution in [2.24, 2.45) is 0 Å². The zero-order chi connectivity index (χ0) is 10.3. The largest absolute Gasteiger partial charge is 0.411 e. The Kier molecular flexibility index (Phi) is 2.44. The zero-order valence-electron chi connectivity index (χ0n) is 7.75. The van der Waals surface area contributed by atoms with Gasteiger partial charge in [0.1, 0.15) is 12.2 Å². The molecule has 2 aliphatic rings. The standard InChI is InChI=1S/C8H13NO5/c1-3-9-5-7(12)6(11)4(2-10)14-8(5)13-3/h4-8,10-12H,2H2,1H3/p+1/t4-,5-,6-,7-,8+/m1/s1. The van der Waals surface area contributed by atoms with Crippen LogP contribution in [0.5, 0.6) is 0 Å². The van der Waals surface area contributed by atoms with Gasteiger partial charge >= 0.3 is 5.90 Å². The summed E-state index contributed by atoms with van der Waals surface area (Å²) in [6, 6.07) is -0.465. The second-order valence-electron chi connectivity index (χ2n) is 3.55. The van der Waals surface area contributed by atoms with Crippen LogP contribution in [0.15, 0.2) is 0 Å². The van der Waals surface area contributed by atoms with E-state index in [2.05, 4.69) is 4.99 Å². The van der Waals surface area contributed by atoms with Crippen molar-refractivity contribution in [1.82, 2.24) is 0 Å². The van der Waals surface area contributed by atoms with Crippen molar-refractivity contribution in [3.8, 4) is 0 Å². The lowest BCUT2D eigenvalue weighted by Gasteiger charge is -2.34. The molecule has 2 aliphatic heterocycles. The molecule has 0 aromatic carbocycles. The summed E-state index contributed by atoms with van der Waals surface area (Å²) in [4.78, 5) is 2.86. The highest BCUT2D eigenvalue weighted by molar-refractivity contribution is 5.67. The van der Waals surface area contributed by atoms with Crippen LogP contribution in [0.2, 0.25) is 0 Å². The Balaban J connectivity index is 2.14. The van der Waals surface area contributed by atoms with Crippen molar-refractivity contribution in [1.29, 1.82) is 0 Å². The quantitative estimate of drug-likeness (QED) is 0.353. The first-order valence-electron chi connectivity index (χ1n) is 4.52. The highest BCUT2D eigenvalue weighted by atomic mass is 16.7. The number of ether oxygens (including phenoxy) is 2. The third-order valence-electron chi connectivity index (χ3n) is 2.54. The Labute approximate surface area is 80.8 Å². The van der Waals surface area contributed by atoms with Gasteiger partial charge in [-0.3, -0.25) is 0 Å². The van der Waals surface area contributed by atoms with Crippen molar-refractivity contribution in [3.05, 3.63) is 0 Å². The van der Waals surface area contributed by atoms with Crippen LogP contribution < -0.4 is 4.99 Å². The van der Waals surface area contributed by atoms with Crippen LogP contribution in [0, 0.1) is 0 Å². The molecule has 0 unspecified atom stereocenters. The lowest BCUT2D eigenvalue weighted by atomic mass is 9.98. The predicted molar refractivity (Wildman–Crippen MR) is 44.3 cm³/mol. The molecule has 0 aromatic rings. The van der Waals surface area contributed by atoms with E-state index >= 15 is 0 Å². The van der Waals surface area contributed by atoms with E-state index in [1.807, 2.05) is 0 Å². The topological polar surface area (TPSA) is 93.1 Å². The van der Waals surface area contributed by atoms with Crippen LogP contribution in [-0.4, -0.2) is 58.5 Å². The van der Waals surface area contributed by atoms with Crippen LogP contribution >= 0.6 is 0 Å². The van der Waals surface area contributed by atoms with Crippen molar-refractivity contribution in [2.75, 3.05) is 6.61 Å². The zero-order valence-corrected chi connectivity index (χ0v) is 7.75. The SMILES string of the molecule is CC1=[NH+][C@H]2[C@@H](O1)O[C@H](CO)[C@@H](O)[C@@H]2O. The summed E-state index contributed by atoms with van der Waals surface area (Å²) >= 11 is 0. The third kappa shape index (κ3) is 1.40. The van der Waals surface area contributed by atoms with E-state index in [4.69, 9.17) is 14.6 Å². The van der Waals surface area contributed by atoms with Crippen LogP contribution in [-0.2, 0) is 9.47 Å². The Bertz CT molecular complexity index is 256. The molecule has 2 rings (SSSR count). The lowest BCUT2D eigenvalue weighted by Crippen LogP contribution is -2.84. The highest BCUT2D eigenvalue weighted by Crippen LogP contribution is 2.21.